The summed E-state index contributed by atoms with van der Waals surface area (Å²) in [7, 11) is 0. The van der Waals surface area contributed by atoms with Crippen LogP contribution >= 0.6 is 0 Å². The first-order chi connectivity index (χ1) is 45.6. The minimum atomic E-state index is -2.67. The van der Waals surface area contributed by atoms with E-state index >= 15 is 0 Å². The van der Waals surface area contributed by atoms with Crippen LogP contribution in [0.15, 0.2) is 73.3 Å². The second-order valence-electron chi connectivity index (χ2n) is 23.9. The first-order valence-corrected chi connectivity index (χ1v) is 31.3. The highest BCUT2D eigenvalue weighted by Crippen LogP contribution is 2.38. The van der Waals surface area contributed by atoms with Gasteiger partial charge in [0.2, 0.25) is 23.7 Å². The molecule has 8 heterocycles. The average Bonchev–Trinajstić information content (AvgIpc) is 2.53. The van der Waals surface area contributed by atoms with Crippen LogP contribution in [-0.2, 0) is 11.3 Å². The average molecular weight is 1350 g/mol. The number of aromatic nitrogens is 16. The number of aliphatic hydroxyl groups excluding tert-OH is 1. The van der Waals surface area contributed by atoms with E-state index in [1.54, 1.807) is 75.8 Å². The third-order valence-corrected chi connectivity index (χ3v) is 15.9. The van der Waals surface area contributed by atoms with Gasteiger partial charge in [-0.1, -0.05) is 0 Å². The topological polar surface area (TPSA) is 286 Å². The summed E-state index contributed by atoms with van der Waals surface area (Å²) in [5, 5.41) is 37.9. The first-order valence-electron chi connectivity index (χ1n) is 31.3. The van der Waals surface area contributed by atoms with Crippen molar-refractivity contribution in [2.24, 2.45) is 0 Å². The molecule has 0 unspecified atom stereocenters. The quantitative estimate of drug-likeness (QED) is 0.0322. The molecule has 0 radical (unpaired) electrons. The van der Waals surface area contributed by atoms with Crippen molar-refractivity contribution >= 4 is 35.5 Å². The van der Waals surface area contributed by atoms with Gasteiger partial charge in [0.05, 0.1) is 18.9 Å². The van der Waals surface area contributed by atoms with E-state index in [0.29, 0.717) is 122 Å². The van der Waals surface area contributed by atoms with Gasteiger partial charge in [-0.3, -0.25) is 4.79 Å². The number of aldehydes is 1. The van der Waals surface area contributed by atoms with Gasteiger partial charge in [0.1, 0.15) is 34.7 Å². The summed E-state index contributed by atoms with van der Waals surface area (Å²) >= 11 is 0. The SMILES string of the molecule is CCOC(=O)c1ccn(-c2nc(C)cc(NC3CCC(F)(F)CC3)n2)n1.Cc1cc(NC2CCC(F)(F)CC2)nc(-n2ccc(C(F)F)n2)n1.Cc1cc(NC2CCC(F)(F)CC2)nc(-n2ccc(C=O)n2)n1.Cc1cc(NC2CCC(F)(F)CC2)nc(-n2ccc(CO)n2)n1. The van der Waals surface area contributed by atoms with Crippen molar-refractivity contribution in [1.29, 1.82) is 0 Å². The van der Waals surface area contributed by atoms with Crippen LogP contribution in [0.3, 0.4) is 0 Å². The van der Waals surface area contributed by atoms with E-state index in [1.165, 1.54) is 37.1 Å². The number of aryl methyl sites for hydroxylation is 4. The van der Waals surface area contributed by atoms with Gasteiger partial charge in [-0.15, -0.1) is 0 Å². The number of esters is 1. The van der Waals surface area contributed by atoms with Gasteiger partial charge >= 0.3 is 5.97 Å². The molecule has 0 atom stereocenters. The van der Waals surface area contributed by atoms with Crippen molar-refractivity contribution in [3.63, 3.8) is 0 Å². The van der Waals surface area contributed by atoms with Crippen molar-refractivity contribution in [3.05, 3.63) is 119 Å². The Morgan fingerprint density at radius 3 is 1.14 bits per heavy atom. The summed E-state index contributed by atoms with van der Waals surface area (Å²) < 4.78 is 141. The van der Waals surface area contributed by atoms with Gasteiger partial charge in [-0.25, -0.2) is 87.4 Å². The van der Waals surface area contributed by atoms with Gasteiger partial charge in [-0.05, 0) is 110 Å². The molecule has 8 aromatic heterocycles. The number of anilines is 4. The fraction of sp³-hybridized carbons (Fsp3) is 0.516. The number of carbonyl (C=O) groups excluding carboxylic acids is 2. The Bertz CT molecular complexity index is 3860. The molecule has 516 valence electrons. The number of ether oxygens (including phenoxy) is 1. The van der Waals surface area contributed by atoms with Crippen LogP contribution in [0.4, 0.5) is 67.2 Å². The summed E-state index contributed by atoms with van der Waals surface area (Å²) in [4.78, 5) is 56.9. The molecule has 12 rings (SSSR count). The number of carbonyl (C=O) groups is 2. The molecule has 0 saturated heterocycles. The number of alkyl halides is 10. The summed E-state index contributed by atoms with van der Waals surface area (Å²) in [6.07, 6.45) is 6.35. The molecule has 4 fully saturated rings. The smallest absolute Gasteiger partial charge is 0.358 e. The van der Waals surface area contributed by atoms with Crippen LogP contribution in [0.1, 0.15) is 171 Å². The van der Waals surface area contributed by atoms with E-state index in [1.807, 2.05) is 13.8 Å². The Labute approximate surface area is 545 Å². The maximum Gasteiger partial charge on any atom is 0.358 e. The number of aliphatic hydroxyl groups is 1. The van der Waals surface area contributed by atoms with Gasteiger partial charge in [0.25, 0.3) is 30.2 Å². The highest BCUT2D eigenvalue weighted by atomic mass is 19.3. The molecule has 8 aromatic rings. The van der Waals surface area contributed by atoms with E-state index in [2.05, 4.69) is 81.5 Å². The molecule has 0 bridgehead atoms. The lowest BCUT2D eigenvalue weighted by Gasteiger charge is -2.29. The largest absolute Gasteiger partial charge is 0.461 e. The Morgan fingerprint density at radius 2 is 0.823 bits per heavy atom. The molecule has 5 N–H and O–H groups in total. The van der Waals surface area contributed by atoms with Crippen molar-refractivity contribution in [1.82, 2.24) is 79.0 Å². The van der Waals surface area contributed by atoms with Crippen LogP contribution in [-0.4, -0.2) is 151 Å². The second kappa shape index (κ2) is 31.1. The van der Waals surface area contributed by atoms with Crippen LogP contribution in [0.2, 0.25) is 0 Å². The molecule has 0 aliphatic heterocycles. The van der Waals surface area contributed by atoms with Crippen molar-refractivity contribution in [2.45, 2.75) is 198 Å². The number of rotatable bonds is 17. The molecule has 24 nitrogen and oxygen atoms in total. The van der Waals surface area contributed by atoms with E-state index in [-0.39, 0.29) is 106 Å². The van der Waals surface area contributed by atoms with Gasteiger partial charge in [0.15, 0.2) is 12.0 Å². The summed E-state index contributed by atoms with van der Waals surface area (Å²) in [5.74, 6) is -7.39. The molecule has 0 aromatic carbocycles. The highest BCUT2D eigenvalue weighted by molar-refractivity contribution is 5.87. The lowest BCUT2D eigenvalue weighted by molar-refractivity contribution is -0.0366. The van der Waals surface area contributed by atoms with Crippen molar-refractivity contribution in [3.8, 4) is 23.8 Å². The van der Waals surface area contributed by atoms with Crippen LogP contribution in [0.5, 0.6) is 0 Å². The van der Waals surface area contributed by atoms with Crippen LogP contribution in [0.25, 0.3) is 23.8 Å². The summed E-state index contributed by atoms with van der Waals surface area (Å²) in [5.41, 5.74) is 3.43. The third-order valence-electron chi connectivity index (χ3n) is 15.9. The summed E-state index contributed by atoms with van der Waals surface area (Å²) in [6.45, 7) is 9.03. The Balaban J connectivity index is 0.000000150. The second-order valence-corrected chi connectivity index (χ2v) is 23.9. The number of nitrogens with one attached hydrogen (secondary N) is 4. The normalized spacial score (nSPS) is 17.8. The van der Waals surface area contributed by atoms with Gasteiger partial charge < -0.3 is 31.1 Å². The fourth-order valence-electron chi connectivity index (χ4n) is 10.9. The molecule has 4 aliphatic rings. The monoisotopic (exact) mass is 1350 g/mol. The number of halogens is 10. The van der Waals surface area contributed by atoms with E-state index in [4.69, 9.17) is 9.84 Å². The molecule has 0 spiro atoms. The number of hydrogen-bond acceptors (Lipinski definition) is 20. The maximum atomic E-state index is 13.3. The fourth-order valence-corrected chi connectivity index (χ4v) is 10.9. The van der Waals surface area contributed by atoms with E-state index in [9.17, 15) is 53.5 Å². The number of hydrogen-bond donors (Lipinski definition) is 5. The molecule has 4 aliphatic carbocycles. The minimum absolute atomic E-state index is 0.0117. The lowest BCUT2D eigenvalue weighted by Crippen LogP contribution is -2.32. The van der Waals surface area contributed by atoms with Gasteiger partial charge in [-0.2, -0.15) is 40.3 Å². The number of nitrogens with zero attached hydrogens (tertiary/aromatic N) is 16. The van der Waals surface area contributed by atoms with Crippen molar-refractivity contribution in [2.75, 3.05) is 27.9 Å². The molecule has 34 heteroatoms. The Morgan fingerprint density at radius 1 is 0.500 bits per heavy atom. The molecule has 0 amide bonds. The summed E-state index contributed by atoms with van der Waals surface area (Å²) in [6, 6.07) is 12.8. The van der Waals surface area contributed by atoms with Gasteiger partial charge in [0, 0.05) is 147 Å². The van der Waals surface area contributed by atoms with Crippen LogP contribution in [0, 0.1) is 27.7 Å². The predicted molar refractivity (Wildman–Crippen MR) is 331 cm³/mol. The third kappa shape index (κ3) is 20.6. The highest BCUT2D eigenvalue weighted by Gasteiger charge is 2.38. The van der Waals surface area contributed by atoms with E-state index in [0.717, 1.165) is 11.4 Å². The zero-order valence-corrected chi connectivity index (χ0v) is 53.2. The maximum absolute atomic E-state index is 13.3. The Hall–Kier alpha value is -9.24. The Kier molecular flexibility index (Phi) is 23.0. The zero-order chi connectivity index (χ0) is 69.0. The predicted octanol–water partition coefficient (Wildman–Crippen LogP) is 12.3. The molecular formula is C62H74F10N20O4. The molecular weight excluding hydrogens is 1280 g/mol. The standard InChI is InChI=1S/C17H21F2N5O2.C15H17F4N5.C15H19F2N5O.C15H17F2N5O/c1-3-26-15(25)13-6-9-24(23-13)16-20-11(2)10-14(22-16)21-12-4-7-17(18,19)8-5-12;1-9-8-12(21-10-2-5-15(18,19)6-3-10)22-14(20-9)24-7-4-11(23-24)13(16)17;2*1-10-8-13(19-11-2-5-15(16,17)6-3-11)20-14(18-10)22-7-4-12(9-23)21-22/h6,9-10,12H,3-5,7-8H2,1-2H3,(H,20,21,22);4,7-8,10,13H,2-3,5-6H2,1H3,(H,20,21,22);4,7-8,11,23H,2-3,5-6,9H2,1H3,(H,18,19,20);4,7-9,11H,2-3,5-6H2,1H3,(H,18,19,20). The lowest BCUT2D eigenvalue weighted by atomic mass is 9.92. The molecule has 4 saturated carbocycles. The minimum Gasteiger partial charge on any atom is -0.461 e. The molecule has 96 heavy (non-hydrogen) atoms. The van der Waals surface area contributed by atoms with Crippen molar-refractivity contribution < 1.29 is 63.3 Å². The van der Waals surface area contributed by atoms with Crippen LogP contribution < -0.4 is 21.3 Å². The first kappa shape index (κ1) is 71.1. The van der Waals surface area contributed by atoms with E-state index < -0.39 is 36.1 Å². The zero-order valence-electron chi connectivity index (χ0n) is 53.2.